The number of hydrogen-bond donors (Lipinski definition) is 1. The third-order valence-electron chi connectivity index (χ3n) is 2.66. The van der Waals surface area contributed by atoms with Crippen LogP contribution in [-0.4, -0.2) is 65.7 Å². The summed E-state index contributed by atoms with van der Waals surface area (Å²) in [7, 11) is -2.83. The maximum Gasteiger partial charge on any atom is 0.330 e. The van der Waals surface area contributed by atoms with Gasteiger partial charge >= 0.3 is 29.0 Å². The van der Waals surface area contributed by atoms with Crippen molar-refractivity contribution < 1.29 is 23.1 Å². The van der Waals surface area contributed by atoms with Crippen molar-refractivity contribution in [3.8, 4) is 0 Å². The summed E-state index contributed by atoms with van der Waals surface area (Å²) in [6, 6.07) is 3.90. The van der Waals surface area contributed by atoms with Gasteiger partial charge in [0.25, 0.3) is 0 Å². The van der Waals surface area contributed by atoms with E-state index in [0.29, 0.717) is 4.31 Å². The SMILES string of the molecule is CN1C(C(=O)O)C(=O)c2ccccc2S1(=O)=O.[MgH2]. The Morgan fingerprint density at radius 3 is 2.44 bits per heavy atom. The van der Waals surface area contributed by atoms with Crippen LogP contribution in [0.5, 0.6) is 0 Å². The molecule has 0 saturated carbocycles. The first kappa shape index (κ1) is 15.1. The van der Waals surface area contributed by atoms with Crippen LogP contribution in [0.4, 0.5) is 0 Å². The number of carbonyl (C=O) groups excluding carboxylic acids is 1. The van der Waals surface area contributed by atoms with Gasteiger partial charge in [-0.3, -0.25) is 4.79 Å². The Balaban J connectivity index is 0.00000162. The average Bonchev–Trinajstić information content (AvgIpc) is 2.27. The van der Waals surface area contributed by atoms with Gasteiger partial charge in [0, 0.05) is 12.6 Å². The number of ketones is 1. The summed E-state index contributed by atoms with van der Waals surface area (Å²) >= 11 is 0. The van der Waals surface area contributed by atoms with Gasteiger partial charge in [-0.05, 0) is 12.1 Å². The first-order valence-corrected chi connectivity index (χ1v) is 6.15. The molecule has 8 heteroatoms. The van der Waals surface area contributed by atoms with Crippen molar-refractivity contribution in [2.24, 2.45) is 0 Å². The summed E-state index contributed by atoms with van der Waals surface area (Å²) in [5.41, 5.74) is -0.0713. The number of benzene rings is 1. The fraction of sp³-hybridized carbons (Fsp3) is 0.200. The van der Waals surface area contributed by atoms with Crippen LogP contribution in [0.15, 0.2) is 29.2 Å². The zero-order chi connectivity index (χ0) is 12.8. The Morgan fingerprint density at radius 2 is 1.89 bits per heavy atom. The third kappa shape index (κ3) is 2.05. The van der Waals surface area contributed by atoms with E-state index in [-0.39, 0.29) is 33.5 Å². The maximum atomic E-state index is 12.0. The molecule has 1 aliphatic heterocycles. The summed E-state index contributed by atoms with van der Waals surface area (Å²) < 4.78 is 24.5. The molecule has 0 spiro atoms. The number of nitrogens with zero attached hydrogens (tertiary/aromatic N) is 1. The first-order valence-electron chi connectivity index (χ1n) is 4.71. The Hall–Kier alpha value is -0.964. The molecular formula is C10H11MgNO5S. The monoisotopic (exact) mass is 281 g/mol. The second-order valence-corrected chi connectivity index (χ2v) is 5.59. The minimum Gasteiger partial charge on any atom is -0.480 e. The Kier molecular flexibility index (Phi) is 4.16. The minimum absolute atomic E-state index is 0. The fourth-order valence-electron chi connectivity index (χ4n) is 1.77. The number of carboxylic acids is 1. The van der Waals surface area contributed by atoms with Crippen LogP contribution < -0.4 is 0 Å². The van der Waals surface area contributed by atoms with Crippen LogP contribution in [-0.2, 0) is 14.8 Å². The lowest BCUT2D eigenvalue weighted by Gasteiger charge is -2.29. The number of sulfonamides is 1. The number of Topliss-reactive ketones (excluding diaryl/α,β-unsaturated/α-hetero) is 1. The van der Waals surface area contributed by atoms with E-state index in [2.05, 4.69) is 0 Å². The van der Waals surface area contributed by atoms with E-state index in [0.717, 1.165) is 7.05 Å². The van der Waals surface area contributed by atoms with Gasteiger partial charge in [0.05, 0.1) is 4.90 Å². The van der Waals surface area contributed by atoms with Gasteiger partial charge in [0.2, 0.25) is 10.0 Å². The first-order chi connectivity index (χ1) is 7.87. The molecule has 0 amide bonds. The summed E-state index contributed by atoms with van der Waals surface area (Å²) in [4.78, 5) is 22.7. The van der Waals surface area contributed by atoms with Gasteiger partial charge in [-0.25, -0.2) is 13.2 Å². The lowest BCUT2D eigenvalue weighted by atomic mass is 10.0. The highest BCUT2D eigenvalue weighted by molar-refractivity contribution is 7.89. The predicted molar refractivity (Wildman–Crippen MR) is 65.7 cm³/mol. The summed E-state index contributed by atoms with van der Waals surface area (Å²) in [6.45, 7) is 0. The van der Waals surface area contributed by atoms with E-state index in [9.17, 15) is 18.0 Å². The molecule has 1 unspecified atom stereocenters. The van der Waals surface area contributed by atoms with Crippen LogP contribution in [0.1, 0.15) is 10.4 Å². The molecule has 0 aromatic heterocycles. The standard InChI is InChI=1S/C10H9NO5S.Mg.2H/c1-11-8(10(13)14)9(12)6-4-2-3-5-7(6)17(11,15)16;;;/h2-5,8H,1H3,(H,13,14);;;. The molecule has 0 bridgehead atoms. The van der Waals surface area contributed by atoms with Crippen LogP contribution in [0.3, 0.4) is 0 Å². The summed E-state index contributed by atoms with van der Waals surface area (Å²) in [6.07, 6.45) is 0. The molecule has 18 heavy (non-hydrogen) atoms. The lowest BCUT2D eigenvalue weighted by molar-refractivity contribution is -0.139. The molecule has 94 valence electrons. The Labute approximate surface area is 120 Å². The molecule has 1 aromatic carbocycles. The molecule has 2 rings (SSSR count). The van der Waals surface area contributed by atoms with Crippen LogP contribution in [0, 0.1) is 0 Å². The van der Waals surface area contributed by atoms with Crippen molar-refractivity contribution >= 4 is 44.8 Å². The minimum atomic E-state index is -3.92. The third-order valence-corrected chi connectivity index (χ3v) is 4.54. The number of aliphatic carboxylic acids is 1. The average molecular weight is 282 g/mol. The molecule has 6 nitrogen and oxygen atoms in total. The van der Waals surface area contributed by atoms with Crippen LogP contribution in [0.2, 0.25) is 0 Å². The largest absolute Gasteiger partial charge is 0.480 e. The van der Waals surface area contributed by atoms with Crippen molar-refractivity contribution in [1.82, 2.24) is 4.31 Å². The molecule has 0 saturated heterocycles. The number of likely N-dealkylation sites (N-methyl/N-ethyl adjacent to an activating group) is 1. The van der Waals surface area contributed by atoms with Crippen molar-refractivity contribution in [2.45, 2.75) is 10.9 Å². The molecule has 0 fully saturated rings. The predicted octanol–water partition coefficient (Wildman–Crippen LogP) is -0.960. The normalized spacial score (nSPS) is 21.8. The van der Waals surface area contributed by atoms with Gasteiger partial charge < -0.3 is 5.11 Å². The van der Waals surface area contributed by atoms with Gasteiger partial charge in [-0.1, -0.05) is 12.1 Å². The Morgan fingerprint density at radius 1 is 1.33 bits per heavy atom. The van der Waals surface area contributed by atoms with Gasteiger partial charge in [0.15, 0.2) is 11.8 Å². The molecule has 1 N–H and O–H groups in total. The second kappa shape index (κ2) is 4.96. The molecular weight excluding hydrogens is 270 g/mol. The van der Waals surface area contributed by atoms with E-state index in [1.807, 2.05) is 0 Å². The highest BCUT2D eigenvalue weighted by Crippen LogP contribution is 2.28. The van der Waals surface area contributed by atoms with Gasteiger partial charge in [-0.2, -0.15) is 4.31 Å². The smallest absolute Gasteiger partial charge is 0.330 e. The van der Waals surface area contributed by atoms with Crippen LogP contribution in [0.25, 0.3) is 0 Å². The highest BCUT2D eigenvalue weighted by atomic mass is 32.2. The number of rotatable bonds is 1. The van der Waals surface area contributed by atoms with Gasteiger partial charge in [0.1, 0.15) is 0 Å². The van der Waals surface area contributed by atoms with Crippen molar-refractivity contribution in [1.29, 1.82) is 0 Å². The molecule has 0 aliphatic carbocycles. The van der Waals surface area contributed by atoms with E-state index < -0.39 is 27.8 Å². The van der Waals surface area contributed by atoms with E-state index in [1.165, 1.54) is 24.3 Å². The number of hydrogen-bond acceptors (Lipinski definition) is 4. The maximum absolute atomic E-state index is 12.0. The highest BCUT2D eigenvalue weighted by Gasteiger charge is 2.45. The molecule has 0 radical (unpaired) electrons. The second-order valence-electron chi connectivity index (χ2n) is 3.62. The van der Waals surface area contributed by atoms with E-state index in [1.54, 1.807) is 0 Å². The summed E-state index contributed by atoms with van der Waals surface area (Å²) in [5.74, 6) is -2.19. The van der Waals surface area contributed by atoms with Crippen molar-refractivity contribution in [3.63, 3.8) is 0 Å². The van der Waals surface area contributed by atoms with Crippen molar-refractivity contribution in [3.05, 3.63) is 29.8 Å². The number of carbonyl (C=O) groups is 2. The zero-order valence-electron chi connectivity index (χ0n) is 8.82. The summed E-state index contributed by atoms with van der Waals surface area (Å²) in [5, 5.41) is 8.91. The topological polar surface area (TPSA) is 91.8 Å². The van der Waals surface area contributed by atoms with Crippen LogP contribution >= 0.6 is 0 Å². The molecule has 1 atom stereocenters. The quantitative estimate of drug-likeness (QED) is 0.529. The zero-order valence-corrected chi connectivity index (χ0v) is 9.64. The van der Waals surface area contributed by atoms with Crippen molar-refractivity contribution in [2.75, 3.05) is 7.05 Å². The molecule has 1 aliphatic rings. The molecule has 1 aromatic rings. The van der Waals surface area contributed by atoms with E-state index in [4.69, 9.17) is 5.11 Å². The fourth-order valence-corrected chi connectivity index (χ4v) is 3.24. The number of fused-ring (bicyclic) bond motifs is 1. The molecule has 1 heterocycles. The Bertz CT molecular complexity index is 612. The lowest BCUT2D eigenvalue weighted by Crippen LogP contribution is -2.51. The van der Waals surface area contributed by atoms with Gasteiger partial charge in [-0.15, -0.1) is 0 Å². The number of carboxylic acid groups (broad SMARTS) is 1. The van der Waals surface area contributed by atoms with E-state index >= 15 is 0 Å².